The van der Waals surface area contributed by atoms with Gasteiger partial charge < -0.3 is 18.4 Å². The molecule has 2 heterocycles. The second-order valence-corrected chi connectivity index (χ2v) is 16.6. The fourth-order valence-electron chi connectivity index (χ4n) is 8.17. The lowest BCUT2D eigenvalue weighted by Gasteiger charge is -2.38. The van der Waals surface area contributed by atoms with Crippen molar-refractivity contribution < 1.29 is 28.0 Å². The SMILES string of the molecule is CC(C)(C)C1CCC(OC(=O)C[N+]2(C)CCCCC2)CC1.CC(C)CC1CCCCC1OC(=O)C[N+]1(C)CCCCC1. The molecule has 2 atom stereocenters. The van der Waals surface area contributed by atoms with Crippen molar-refractivity contribution in [2.75, 3.05) is 53.4 Å². The number of quaternary nitrogens is 2. The highest BCUT2D eigenvalue weighted by Crippen LogP contribution is 2.38. The van der Waals surface area contributed by atoms with Gasteiger partial charge in [0.1, 0.15) is 12.2 Å². The van der Waals surface area contributed by atoms with E-state index in [-0.39, 0.29) is 24.1 Å². The molecule has 2 saturated heterocycles. The van der Waals surface area contributed by atoms with Crippen LogP contribution in [0.4, 0.5) is 0 Å². The molecule has 2 saturated carbocycles. The van der Waals surface area contributed by atoms with Crippen molar-refractivity contribution in [3.05, 3.63) is 0 Å². The highest BCUT2D eigenvalue weighted by molar-refractivity contribution is 5.71. The Kier molecular flexibility index (Phi) is 13.7. The van der Waals surface area contributed by atoms with E-state index >= 15 is 0 Å². The van der Waals surface area contributed by atoms with Gasteiger partial charge >= 0.3 is 11.9 Å². The number of carbonyl (C=O) groups is 2. The Labute approximate surface area is 259 Å². The van der Waals surface area contributed by atoms with Gasteiger partial charge in [0.2, 0.25) is 0 Å². The van der Waals surface area contributed by atoms with E-state index in [1.54, 1.807) is 0 Å². The summed E-state index contributed by atoms with van der Waals surface area (Å²) in [5, 5.41) is 0. The first-order valence-corrected chi connectivity index (χ1v) is 17.8. The molecule has 0 radical (unpaired) electrons. The minimum absolute atomic E-state index is 0.0265. The Bertz CT molecular complexity index is 815. The van der Waals surface area contributed by atoms with Gasteiger partial charge in [-0.15, -0.1) is 0 Å². The third-order valence-electron chi connectivity index (χ3n) is 10.9. The van der Waals surface area contributed by atoms with Crippen molar-refractivity contribution >= 4 is 11.9 Å². The number of hydrogen-bond donors (Lipinski definition) is 0. The summed E-state index contributed by atoms with van der Waals surface area (Å²) in [5.41, 5.74) is 0.390. The second-order valence-electron chi connectivity index (χ2n) is 16.6. The van der Waals surface area contributed by atoms with E-state index in [0.717, 1.165) is 60.3 Å². The molecule has 2 unspecified atom stereocenters. The first-order chi connectivity index (χ1) is 19.8. The van der Waals surface area contributed by atoms with Crippen LogP contribution in [0.25, 0.3) is 0 Å². The standard InChI is InChI=1S/2C18H34NO2/c1-18(2,3)15-8-10-16(11-9-15)21-17(20)14-19(4)12-6-5-7-13-19;1-15(2)13-16-9-5-6-10-17(16)21-18(20)14-19(3)11-7-4-8-12-19/h15-16H,5-14H2,1-4H3;15-17H,4-14H2,1-3H3/q2*+1. The summed E-state index contributed by atoms with van der Waals surface area (Å²) in [7, 11) is 4.42. The minimum atomic E-state index is 0.0265. The zero-order valence-corrected chi connectivity index (χ0v) is 28.8. The monoisotopic (exact) mass is 593 g/mol. The van der Waals surface area contributed by atoms with Crippen LogP contribution in [0.5, 0.6) is 0 Å². The van der Waals surface area contributed by atoms with Crippen LogP contribution in [0.1, 0.15) is 131 Å². The predicted molar refractivity (Wildman–Crippen MR) is 172 cm³/mol. The van der Waals surface area contributed by atoms with Crippen LogP contribution < -0.4 is 0 Å². The van der Waals surface area contributed by atoms with E-state index in [4.69, 9.17) is 9.47 Å². The van der Waals surface area contributed by atoms with Gasteiger partial charge in [0.05, 0.1) is 40.3 Å². The molecule has 0 N–H and O–H groups in total. The first kappa shape index (κ1) is 35.3. The van der Waals surface area contributed by atoms with Crippen LogP contribution in [0.3, 0.4) is 0 Å². The quantitative estimate of drug-likeness (QED) is 0.216. The predicted octanol–water partition coefficient (Wildman–Crippen LogP) is 7.53. The maximum Gasteiger partial charge on any atom is 0.362 e. The Morgan fingerprint density at radius 3 is 1.62 bits per heavy atom. The minimum Gasteiger partial charge on any atom is -0.458 e. The van der Waals surface area contributed by atoms with Gasteiger partial charge in [-0.1, -0.05) is 41.0 Å². The summed E-state index contributed by atoms with van der Waals surface area (Å²) >= 11 is 0. The highest BCUT2D eigenvalue weighted by Gasteiger charge is 2.35. The zero-order chi connectivity index (χ0) is 30.8. The van der Waals surface area contributed by atoms with Crippen molar-refractivity contribution in [3.63, 3.8) is 0 Å². The van der Waals surface area contributed by atoms with Crippen molar-refractivity contribution in [2.45, 2.75) is 143 Å². The van der Waals surface area contributed by atoms with Crippen LogP contribution in [0.15, 0.2) is 0 Å². The molecule has 244 valence electrons. The summed E-state index contributed by atoms with van der Waals surface area (Å²) in [6.07, 6.45) is 18.6. The first-order valence-electron chi connectivity index (χ1n) is 17.8. The number of carbonyl (C=O) groups excluding carboxylic acids is 2. The van der Waals surface area contributed by atoms with Gasteiger partial charge in [0.25, 0.3) is 0 Å². The molecule has 2 aliphatic heterocycles. The number of rotatable bonds is 8. The molecular weight excluding hydrogens is 524 g/mol. The lowest BCUT2D eigenvalue weighted by molar-refractivity contribution is -0.907. The normalized spacial score (nSPS) is 29.6. The van der Waals surface area contributed by atoms with E-state index in [1.165, 1.54) is 77.0 Å². The zero-order valence-electron chi connectivity index (χ0n) is 28.8. The van der Waals surface area contributed by atoms with E-state index in [1.807, 2.05) is 0 Å². The number of esters is 2. The molecule has 0 aromatic carbocycles. The van der Waals surface area contributed by atoms with Gasteiger partial charge in [0.15, 0.2) is 13.1 Å². The average Bonchev–Trinajstić information content (AvgIpc) is 2.90. The van der Waals surface area contributed by atoms with E-state index in [0.29, 0.717) is 30.3 Å². The number of piperidine rings is 2. The van der Waals surface area contributed by atoms with Crippen LogP contribution in [-0.4, -0.2) is 86.5 Å². The Morgan fingerprint density at radius 1 is 0.667 bits per heavy atom. The number of ether oxygens (including phenoxy) is 2. The number of likely N-dealkylation sites (tertiary alicyclic amines) is 2. The molecule has 42 heavy (non-hydrogen) atoms. The van der Waals surface area contributed by atoms with Crippen LogP contribution >= 0.6 is 0 Å². The molecule has 0 aromatic heterocycles. The van der Waals surface area contributed by atoms with E-state index in [9.17, 15) is 9.59 Å². The largest absolute Gasteiger partial charge is 0.458 e. The van der Waals surface area contributed by atoms with Gasteiger partial charge in [0, 0.05) is 0 Å². The van der Waals surface area contributed by atoms with Gasteiger partial charge in [-0.3, -0.25) is 0 Å². The Hall–Kier alpha value is -1.14. The number of nitrogens with zero attached hydrogens (tertiary/aromatic N) is 2. The molecular formula is C36H68N2O4+2. The summed E-state index contributed by atoms with van der Waals surface area (Å²) in [6.45, 7) is 17.2. The van der Waals surface area contributed by atoms with Gasteiger partial charge in [-0.2, -0.15) is 0 Å². The molecule has 0 spiro atoms. The van der Waals surface area contributed by atoms with Crippen molar-refractivity contribution in [1.29, 1.82) is 0 Å². The van der Waals surface area contributed by atoms with Crippen molar-refractivity contribution in [2.24, 2.45) is 23.2 Å². The molecule has 2 aliphatic carbocycles. The molecule has 0 bridgehead atoms. The average molecular weight is 593 g/mol. The third-order valence-corrected chi connectivity index (χ3v) is 10.9. The Balaban J connectivity index is 0.000000230. The van der Waals surface area contributed by atoms with Crippen molar-refractivity contribution in [3.8, 4) is 0 Å². The summed E-state index contributed by atoms with van der Waals surface area (Å²) < 4.78 is 13.5. The molecule has 0 amide bonds. The molecule has 4 aliphatic rings. The van der Waals surface area contributed by atoms with Crippen LogP contribution in [0.2, 0.25) is 0 Å². The number of likely N-dealkylation sites (N-methyl/N-ethyl adjacent to an activating group) is 2. The molecule has 0 aromatic rings. The van der Waals surface area contributed by atoms with Crippen molar-refractivity contribution in [1.82, 2.24) is 0 Å². The lowest BCUT2D eigenvalue weighted by Crippen LogP contribution is -2.51. The maximum atomic E-state index is 12.4. The summed E-state index contributed by atoms with van der Waals surface area (Å²) in [6, 6.07) is 0. The van der Waals surface area contributed by atoms with E-state index < -0.39 is 0 Å². The van der Waals surface area contributed by atoms with Crippen LogP contribution in [-0.2, 0) is 19.1 Å². The topological polar surface area (TPSA) is 52.6 Å². The highest BCUT2D eigenvalue weighted by atomic mass is 16.5. The third kappa shape index (κ3) is 12.1. The maximum absolute atomic E-state index is 12.4. The molecule has 6 heteroatoms. The molecule has 4 fully saturated rings. The second kappa shape index (κ2) is 16.3. The van der Waals surface area contributed by atoms with Gasteiger partial charge in [-0.05, 0) is 113 Å². The lowest BCUT2D eigenvalue weighted by atomic mass is 9.72. The van der Waals surface area contributed by atoms with E-state index in [2.05, 4.69) is 48.7 Å². The Morgan fingerprint density at radius 2 is 1.14 bits per heavy atom. The van der Waals surface area contributed by atoms with Crippen LogP contribution in [0, 0.1) is 23.2 Å². The fourth-order valence-corrected chi connectivity index (χ4v) is 8.17. The fraction of sp³-hybridized carbons (Fsp3) is 0.944. The summed E-state index contributed by atoms with van der Waals surface area (Å²) in [5.74, 6) is 2.13. The molecule has 6 nitrogen and oxygen atoms in total. The number of hydrogen-bond acceptors (Lipinski definition) is 4. The molecule has 4 rings (SSSR count). The van der Waals surface area contributed by atoms with Gasteiger partial charge in [-0.25, -0.2) is 9.59 Å². The smallest absolute Gasteiger partial charge is 0.362 e. The summed E-state index contributed by atoms with van der Waals surface area (Å²) in [4.78, 5) is 24.6.